The van der Waals surface area contributed by atoms with Crippen LogP contribution in [0, 0.1) is 19.3 Å². The van der Waals surface area contributed by atoms with Crippen molar-refractivity contribution >= 4 is 6.29 Å². The summed E-state index contributed by atoms with van der Waals surface area (Å²) in [6.45, 7) is 1.80. The van der Waals surface area contributed by atoms with Crippen molar-refractivity contribution in [3.8, 4) is 12.3 Å². The summed E-state index contributed by atoms with van der Waals surface area (Å²) in [5, 5.41) is 0. The quantitative estimate of drug-likeness (QED) is 0.429. The Kier molecular flexibility index (Phi) is 1.59. The van der Waals surface area contributed by atoms with Crippen molar-refractivity contribution in [1.29, 1.82) is 0 Å². The lowest BCUT2D eigenvalue weighted by atomic mass is 10.2. The molecule has 2 heteroatoms. The smallest absolute Gasteiger partial charge is 0.186 e. The number of hydrogen-bond acceptors (Lipinski definition) is 2. The fourth-order valence-corrected chi connectivity index (χ4v) is 0.736. The van der Waals surface area contributed by atoms with E-state index in [1.807, 2.05) is 0 Å². The topological polar surface area (TPSA) is 30.2 Å². The Morgan fingerprint density at radius 2 is 2.50 bits per heavy atom. The third-order valence-corrected chi connectivity index (χ3v) is 1.25. The van der Waals surface area contributed by atoms with E-state index in [0.29, 0.717) is 11.8 Å². The molecule has 0 bridgehead atoms. The van der Waals surface area contributed by atoms with Gasteiger partial charge in [-0.2, -0.15) is 0 Å². The zero-order chi connectivity index (χ0) is 7.56. The minimum atomic E-state index is 0.236. The molecule has 50 valence electrons. The molecule has 10 heavy (non-hydrogen) atoms. The lowest BCUT2D eigenvalue weighted by Crippen LogP contribution is -1.80. The van der Waals surface area contributed by atoms with Gasteiger partial charge in [-0.3, -0.25) is 4.79 Å². The van der Waals surface area contributed by atoms with E-state index in [1.54, 1.807) is 6.92 Å². The number of hydrogen-bond donors (Lipinski definition) is 0. The summed E-state index contributed by atoms with van der Waals surface area (Å²) in [6.07, 6.45) is 7.19. The van der Waals surface area contributed by atoms with E-state index in [9.17, 15) is 4.79 Å². The third-order valence-electron chi connectivity index (χ3n) is 1.25. The third kappa shape index (κ3) is 0.822. The van der Waals surface area contributed by atoms with Crippen LogP contribution < -0.4 is 0 Å². The number of aryl methyl sites for hydroxylation is 1. The summed E-state index contributed by atoms with van der Waals surface area (Å²) in [7, 11) is 0. The molecule has 0 amide bonds. The average Bonchev–Trinajstić information content (AvgIpc) is 2.30. The molecule has 0 fully saturated rings. The van der Waals surface area contributed by atoms with E-state index in [1.165, 1.54) is 6.26 Å². The van der Waals surface area contributed by atoms with Crippen molar-refractivity contribution in [3.63, 3.8) is 0 Å². The van der Waals surface area contributed by atoms with Crippen LogP contribution in [-0.4, -0.2) is 6.29 Å². The molecular weight excluding hydrogens is 128 g/mol. The molecule has 0 spiro atoms. The molecule has 1 heterocycles. The normalized spacial score (nSPS) is 8.80. The lowest BCUT2D eigenvalue weighted by molar-refractivity contribution is 0.110. The number of terminal acetylenes is 1. The van der Waals surface area contributed by atoms with Crippen LogP contribution in [0.2, 0.25) is 0 Å². The van der Waals surface area contributed by atoms with Crippen molar-refractivity contribution in [3.05, 3.63) is 23.2 Å². The standard InChI is InChI=1S/C8H6O2/c1-3-7-6(2)5-10-8(7)4-9/h1,4-5H,2H3. The first-order chi connectivity index (χ1) is 4.79. The number of furan rings is 1. The van der Waals surface area contributed by atoms with Gasteiger partial charge in [0.1, 0.15) is 0 Å². The van der Waals surface area contributed by atoms with Crippen LogP contribution >= 0.6 is 0 Å². The molecule has 1 rings (SSSR count). The number of rotatable bonds is 1. The Hall–Kier alpha value is -1.49. The van der Waals surface area contributed by atoms with E-state index in [4.69, 9.17) is 10.8 Å². The van der Waals surface area contributed by atoms with Gasteiger partial charge in [0.15, 0.2) is 12.0 Å². The van der Waals surface area contributed by atoms with Crippen molar-refractivity contribution < 1.29 is 9.21 Å². The maximum Gasteiger partial charge on any atom is 0.186 e. The van der Waals surface area contributed by atoms with Crippen LogP contribution in [0.3, 0.4) is 0 Å². The molecular formula is C8H6O2. The van der Waals surface area contributed by atoms with Crippen LogP contribution in [0.15, 0.2) is 10.7 Å². The zero-order valence-electron chi connectivity index (χ0n) is 5.55. The summed E-state index contributed by atoms with van der Waals surface area (Å²) >= 11 is 0. The maximum atomic E-state index is 10.2. The summed E-state index contributed by atoms with van der Waals surface area (Å²) in [5.74, 6) is 2.61. The van der Waals surface area contributed by atoms with Gasteiger partial charge in [-0.15, -0.1) is 6.42 Å². The fraction of sp³-hybridized carbons (Fsp3) is 0.125. The number of carbonyl (C=O) groups is 1. The van der Waals surface area contributed by atoms with Gasteiger partial charge in [0.2, 0.25) is 0 Å². The van der Waals surface area contributed by atoms with Crippen molar-refractivity contribution in [2.45, 2.75) is 6.92 Å². The second-order valence-corrected chi connectivity index (χ2v) is 1.92. The highest BCUT2D eigenvalue weighted by Crippen LogP contribution is 2.12. The average molecular weight is 134 g/mol. The molecule has 0 aliphatic heterocycles. The van der Waals surface area contributed by atoms with Crippen LogP contribution in [0.1, 0.15) is 21.7 Å². The Morgan fingerprint density at radius 3 is 2.90 bits per heavy atom. The minimum Gasteiger partial charge on any atom is -0.460 e. The van der Waals surface area contributed by atoms with Gasteiger partial charge < -0.3 is 4.42 Å². The molecule has 0 aliphatic carbocycles. The van der Waals surface area contributed by atoms with Gasteiger partial charge in [0.05, 0.1) is 11.8 Å². The Balaban J connectivity index is 3.29. The molecule has 0 aliphatic rings. The van der Waals surface area contributed by atoms with E-state index >= 15 is 0 Å². The highest BCUT2D eigenvalue weighted by Gasteiger charge is 2.05. The molecule has 0 N–H and O–H groups in total. The zero-order valence-corrected chi connectivity index (χ0v) is 5.55. The van der Waals surface area contributed by atoms with Crippen molar-refractivity contribution in [1.82, 2.24) is 0 Å². The van der Waals surface area contributed by atoms with Crippen LogP contribution in [0.5, 0.6) is 0 Å². The van der Waals surface area contributed by atoms with Gasteiger partial charge >= 0.3 is 0 Å². The monoisotopic (exact) mass is 134 g/mol. The minimum absolute atomic E-state index is 0.236. The Bertz CT molecular complexity index is 289. The molecule has 1 aromatic rings. The first-order valence-corrected chi connectivity index (χ1v) is 2.79. The first kappa shape index (κ1) is 6.63. The second-order valence-electron chi connectivity index (χ2n) is 1.92. The molecule has 0 radical (unpaired) electrons. The van der Waals surface area contributed by atoms with Crippen LogP contribution in [-0.2, 0) is 0 Å². The molecule has 2 nitrogen and oxygen atoms in total. The van der Waals surface area contributed by atoms with E-state index < -0.39 is 0 Å². The Morgan fingerprint density at radius 1 is 1.80 bits per heavy atom. The molecule has 0 unspecified atom stereocenters. The van der Waals surface area contributed by atoms with Gasteiger partial charge in [-0.1, -0.05) is 5.92 Å². The van der Waals surface area contributed by atoms with E-state index in [-0.39, 0.29) is 5.76 Å². The predicted octanol–water partition coefficient (Wildman–Crippen LogP) is 1.38. The van der Waals surface area contributed by atoms with E-state index in [2.05, 4.69) is 5.92 Å². The molecule has 0 aromatic carbocycles. The van der Waals surface area contributed by atoms with Gasteiger partial charge in [0.25, 0.3) is 0 Å². The first-order valence-electron chi connectivity index (χ1n) is 2.79. The second kappa shape index (κ2) is 2.40. The lowest BCUT2D eigenvalue weighted by Gasteiger charge is -1.82. The molecule has 0 saturated carbocycles. The maximum absolute atomic E-state index is 10.2. The highest BCUT2D eigenvalue weighted by molar-refractivity contribution is 5.76. The summed E-state index contributed by atoms with van der Waals surface area (Å²) in [6, 6.07) is 0. The van der Waals surface area contributed by atoms with Gasteiger partial charge in [0, 0.05) is 5.56 Å². The molecule has 1 aromatic heterocycles. The molecule has 0 atom stereocenters. The largest absolute Gasteiger partial charge is 0.460 e. The van der Waals surface area contributed by atoms with Gasteiger partial charge in [-0.25, -0.2) is 0 Å². The van der Waals surface area contributed by atoms with Gasteiger partial charge in [-0.05, 0) is 6.92 Å². The molecule has 0 saturated heterocycles. The van der Waals surface area contributed by atoms with E-state index in [0.717, 1.165) is 5.56 Å². The highest BCUT2D eigenvalue weighted by atomic mass is 16.3. The summed E-state index contributed by atoms with van der Waals surface area (Å²) < 4.78 is 4.82. The summed E-state index contributed by atoms with van der Waals surface area (Å²) in [4.78, 5) is 10.2. The number of carbonyl (C=O) groups excluding carboxylic acids is 1. The fourth-order valence-electron chi connectivity index (χ4n) is 0.736. The predicted molar refractivity (Wildman–Crippen MR) is 36.8 cm³/mol. The number of aldehydes is 1. The SMILES string of the molecule is C#Cc1c(C)coc1C=O. The van der Waals surface area contributed by atoms with Crippen molar-refractivity contribution in [2.24, 2.45) is 0 Å². The van der Waals surface area contributed by atoms with Crippen LogP contribution in [0.4, 0.5) is 0 Å². The van der Waals surface area contributed by atoms with Crippen LogP contribution in [0.25, 0.3) is 0 Å². The Labute approximate surface area is 58.8 Å². The van der Waals surface area contributed by atoms with Crippen molar-refractivity contribution in [2.75, 3.05) is 0 Å². The summed E-state index contributed by atoms with van der Waals surface area (Å²) in [5.41, 5.74) is 1.37.